The van der Waals surface area contributed by atoms with E-state index in [1.807, 2.05) is 48.6 Å². The van der Waals surface area contributed by atoms with Crippen LogP contribution in [-0.4, -0.2) is 40.7 Å². The number of hydrogen-bond acceptors (Lipinski definition) is 4. The van der Waals surface area contributed by atoms with E-state index in [2.05, 4.69) is 9.88 Å². The first kappa shape index (κ1) is 20.4. The summed E-state index contributed by atoms with van der Waals surface area (Å²) < 4.78 is 7.45. The molecule has 1 aliphatic rings. The van der Waals surface area contributed by atoms with Gasteiger partial charge >= 0.3 is 0 Å². The largest absolute Gasteiger partial charge is 0.492 e. The van der Waals surface area contributed by atoms with Crippen LogP contribution in [0.25, 0.3) is 17.8 Å². The van der Waals surface area contributed by atoms with Gasteiger partial charge in [-0.2, -0.15) is 0 Å². The van der Waals surface area contributed by atoms with Crippen molar-refractivity contribution >= 4 is 23.8 Å². The van der Waals surface area contributed by atoms with Gasteiger partial charge in [-0.3, -0.25) is 19.2 Å². The molecule has 0 N–H and O–H groups in total. The Kier molecular flexibility index (Phi) is 6.62. The van der Waals surface area contributed by atoms with Crippen molar-refractivity contribution in [2.24, 2.45) is 0 Å². The van der Waals surface area contributed by atoms with Gasteiger partial charge in [0.2, 0.25) is 0 Å². The van der Waals surface area contributed by atoms with Crippen LogP contribution in [0.3, 0.4) is 0 Å². The van der Waals surface area contributed by atoms with Crippen molar-refractivity contribution in [3.63, 3.8) is 0 Å². The molecule has 3 heterocycles. The van der Waals surface area contributed by atoms with Crippen molar-refractivity contribution in [2.45, 2.75) is 12.8 Å². The molecule has 154 valence electrons. The molecule has 5 nitrogen and oxygen atoms in total. The van der Waals surface area contributed by atoms with E-state index in [4.69, 9.17) is 16.3 Å². The molecule has 1 fully saturated rings. The molecule has 1 aromatic carbocycles. The fraction of sp³-hybridized carbons (Fsp3) is 0.250. The zero-order valence-corrected chi connectivity index (χ0v) is 17.5. The Hall–Kier alpha value is -2.89. The van der Waals surface area contributed by atoms with Crippen molar-refractivity contribution in [3.8, 4) is 11.4 Å². The van der Waals surface area contributed by atoms with Crippen molar-refractivity contribution < 1.29 is 4.74 Å². The van der Waals surface area contributed by atoms with Crippen LogP contribution in [0.1, 0.15) is 24.1 Å². The summed E-state index contributed by atoms with van der Waals surface area (Å²) in [4.78, 5) is 19.2. The lowest BCUT2D eigenvalue weighted by molar-refractivity contribution is 0.238. The molecule has 1 saturated heterocycles. The summed E-state index contributed by atoms with van der Waals surface area (Å²) >= 11 is 5.85. The first-order chi connectivity index (χ1) is 14.7. The van der Waals surface area contributed by atoms with Gasteiger partial charge in [-0.1, -0.05) is 17.7 Å². The number of nitrogens with zero attached hydrogens (tertiary/aromatic N) is 3. The zero-order valence-electron chi connectivity index (χ0n) is 16.7. The van der Waals surface area contributed by atoms with Gasteiger partial charge in [0.25, 0.3) is 5.56 Å². The number of hydrogen-bond donors (Lipinski definition) is 0. The Morgan fingerprint density at radius 3 is 2.53 bits per heavy atom. The van der Waals surface area contributed by atoms with Crippen LogP contribution < -0.4 is 10.3 Å². The summed E-state index contributed by atoms with van der Waals surface area (Å²) in [5, 5.41) is 0.595. The van der Waals surface area contributed by atoms with Crippen molar-refractivity contribution in [1.29, 1.82) is 0 Å². The minimum absolute atomic E-state index is 0.0936. The monoisotopic (exact) mass is 421 g/mol. The van der Waals surface area contributed by atoms with Gasteiger partial charge in [-0.15, -0.1) is 0 Å². The zero-order chi connectivity index (χ0) is 20.8. The van der Waals surface area contributed by atoms with Crippen LogP contribution in [0.2, 0.25) is 5.02 Å². The lowest BCUT2D eigenvalue weighted by Gasteiger charge is -2.15. The average molecular weight is 422 g/mol. The molecular weight excluding hydrogens is 398 g/mol. The predicted molar refractivity (Wildman–Crippen MR) is 121 cm³/mol. The highest BCUT2D eigenvalue weighted by Gasteiger charge is 2.10. The normalized spacial score (nSPS) is 14.4. The summed E-state index contributed by atoms with van der Waals surface area (Å²) in [6.07, 6.45) is 9.66. The first-order valence-electron chi connectivity index (χ1n) is 10.2. The molecule has 4 rings (SSSR count). The SMILES string of the molecule is O=c1cc(/C=C/c2ccc(Cl)cn2)ccn1-c1ccc(OCCN2CCCC2)cc1. The fourth-order valence-electron chi connectivity index (χ4n) is 3.48. The number of likely N-dealkylation sites (tertiary alicyclic amines) is 1. The molecule has 3 aromatic rings. The summed E-state index contributed by atoms with van der Waals surface area (Å²) in [6.45, 7) is 3.99. The minimum atomic E-state index is -0.0936. The highest BCUT2D eigenvalue weighted by Crippen LogP contribution is 2.16. The lowest BCUT2D eigenvalue weighted by atomic mass is 10.2. The number of halogens is 1. The highest BCUT2D eigenvalue weighted by molar-refractivity contribution is 6.30. The van der Waals surface area contributed by atoms with E-state index in [1.165, 1.54) is 25.9 Å². The van der Waals surface area contributed by atoms with E-state index in [9.17, 15) is 4.79 Å². The summed E-state index contributed by atoms with van der Waals surface area (Å²) in [5.41, 5.74) is 2.31. The molecule has 0 bridgehead atoms. The van der Waals surface area contributed by atoms with Crippen molar-refractivity contribution in [1.82, 2.24) is 14.5 Å². The molecular formula is C24H24ClN3O2. The second-order valence-electron chi connectivity index (χ2n) is 7.29. The van der Waals surface area contributed by atoms with E-state index in [-0.39, 0.29) is 5.56 Å². The molecule has 2 aromatic heterocycles. The van der Waals surface area contributed by atoms with E-state index in [1.54, 1.807) is 29.1 Å². The van der Waals surface area contributed by atoms with E-state index >= 15 is 0 Å². The maximum absolute atomic E-state index is 12.6. The molecule has 0 saturated carbocycles. The first-order valence-corrected chi connectivity index (χ1v) is 10.5. The van der Waals surface area contributed by atoms with Gasteiger partial charge in [-0.05, 0) is 80.0 Å². The Balaban J connectivity index is 1.38. The maximum atomic E-state index is 12.6. The van der Waals surface area contributed by atoms with Crippen LogP contribution in [0.15, 0.2) is 65.7 Å². The van der Waals surface area contributed by atoms with Crippen LogP contribution in [0, 0.1) is 0 Å². The predicted octanol–water partition coefficient (Wildman–Crippen LogP) is 4.53. The molecule has 0 aliphatic carbocycles. The molecule has 0 atom stereocenters. The Morgan fingerprint density at radius 2 is 1.83 bits per heavy atom. The second kappa shape index (κ2) is 9.74. The summed E-state index contributed by atoms with van der Waals surface area (Å²) in [6, 6.07) is 14.7. The topological polar surface area (TPSA) is 47.4 Å². The molecule has 6 heteroatoms. The smallest absolute Gasteiger partial charge is 0.255 e. The standard InChI is InChI=1S/C24H24ClN3O2/c25-20-4-6-21(26-18-20)5-3-19-11-14-28(24(29)17-19)22-7-9-23(10-8-22)30-16-15-27-12-1-2-13-27/h3-11,14,17-18H,1-2,12-13,15-16H2/b5-3+. The lowest BCUT2D eigenvalue weighted by Crippen LogP contribution is -2.25. The van der Waals surface area contributed by atoms with Crippen molar-refractivity contribution in [3.05, 3.63) is 87.6 Å². The van der Waals surface area contributed by atoms with Gasteiger partial charge in [-0.25, -0.2) is 0 Å². The fourth-order valence-corrected chi connectivity index (χ4v) is 3.59. The van der Waals surface area contributed by atoms with Crippen LogP contribution >= 0.6 is 11.6 Å². The van der Waals surface area contributed by atoms with E-state index in [0.717, 1.165) is 29.2 Å². The van der Waals surface area contributed by atoms with Crippen LogP contribution in [-0.2, 0) is 0 Å². The van der Waals surface area contributed by atoms with Crippen LogP contribution in [0.4, 0.5) is 0 Å². The third kappa shape index (κ3) is 5.38. The number of benzene rings is 1. The average Bonchev–Trinajstić information content (AvgIpc) is 3.28. The van der Waals surface area contributed by atoms with Gasteiger partial charge in [0, 0.05) is 30.7 Å². The number of rotatable bonds is 7. The Morgan fingerprint density at radius 1 is 1.03 bits per heavy atom. The molecule has 0 unspecified atom stereocenters. The van der Waals surface area contributed by atoms with Gasteiger partial charge < -0.3 is 4.74 Å². The summed E-state index contributed by atoms with van der Waals surface area (Å²) in [7, 11) is 0. The van der Waals surface area contributed by atoms with Gasteiger partial charge in [0.15, 0.2) is 0 Å². The number of pyridine rings is 2. The minimum Gasteiger partial charge on any atom is -0.492 e. The molecule has 0 spiro atoms. The Bertz CT molecular complexity index is 1050. The van der Waals surface area contributed by atoms with E-state index in [0.29, 0.717) is 11.6 Å². The molecule has 1 aliphatic heterocycles. The maximum Gasteiger partial charge on any atom is 0.255 e. The molecule has 0 amide bonds. The Labute approximate surface area is 181 Å². The highest BCUT2D eigenvalue weighted by atomic mass is 35.5. The van der Waals surface area contributed by atoms with Crippen molar-refractivity contribution in [2.75, 3.05) is 26.2 Å². The molecule has 30 heavy (non-hydrogen) atoms. The third-order valence-corrected chi connectivity index (χ3v) is 5.35. The number of ether oxygens (including phenoxy) is 1. The third-order valence-electron chi connectivity index (χ3n) is 5.13. The quantitative estimate of drug-likeness (QED) is 0.562. The van der Waals surface area contributed by atoms with Crippen LogP contribution in [0.5, 0.6) is 5.75 Å². The summed E-state index contributed by atoms with van der Waals surface area (Å²) in [5.74, 6) is 0.820. The second-order valence-corrected chi connectivity index (χ2v) is 7.73. The number of aromatic nitrogens is 2. The van der Waals surface area contributed by atoms with Gasteiger partial charge in [0.1, 0.15) is 12.4 Å². The molecule has 0 radical (unpaired) electrons. The van der Waals surface area contributed by atoms with Gasteiger partial charge in [0.05, 0.1) is 10.7 Å². The van der Waals surface area contributed by atoms with E-state index < -0.39 is 0 Å².